The van der Waals surface area contributed by atoms with E-state index in [0.29, 0.717) is 0 Å². The Bertz CT molecular complexity index is 276. The fourth-order valence-corrected chi connectivity index (χ4v) is 6.02. The van der Waals surface area contributed by atoms with Gasteiger partial charge in [-0.05, 0) is 56.8 Å². The van der Waals surface area contributed by atoms with Crippen LogP contribution in [0.15, 0.2) is 12.3 Å². The van der Waals surface area contributed by atoms with Gasteiger partial charge in [0.2, 0.25) is 0 Å². The Morgan fingerprint density at radius 2 is 1.94 bits per heavy atom. The summed E-state index contributed by atoms with van der Waals surface area (Å²) < 4.78 is 5.56. The topological polar surface area (TPSA) is 9.23 Å². The van der Waals surface area contributed by atoms with Crippen LogP contribution in [0.1, 0.15) is 39.0 Å². The van der Waals surface area contributed by atoms with Gasteiger partial charge in [0.1, 0.15) is 0 Å². The van der Waals surface area contributed by atoms with Crippen molar-refractivity contribution in [3.63, 3.8) is 0 Å². The van der Waals surface area contributed by atoms with Crippen molar-refractivity contribution in [3.05, 3.63) is 12.3 Å². The minimum absolute atomic E-state index is 0.831. The van der Waals surface area contributed by atoms with Crippen molar-refractivity contribution >= 4 is 11.8 Å². The molecule has 1 nitrogen and oxygen atoms in total. The zero-order chi connectivity index (χ0) is 11.0. The molecule has 5 atom stereocenters. The minimum atomic E-state index is 0.831. The molecular formula is C14H22OS. The van der Waals surface area contributed by atoms with E-state index >= 15 is 0 Å². The van der Waals surface area contributed by atoms with E-state index in [0.717, 1.165) is 34.9 Å². The van der Waals surface area contributed by atoms with Crippen molar-refractivity contribution < 1.29 is 4.74 Å². The van der Waals surface area contributed by atoms with Crippen molar-refractivity contribution in [2.75, 3.05) is 6.61 Å². The van der Waals surface area contributed by atoms with Crippen LogP contribution in [0.5, 0.6) is 0 Å². The molecule has 2 bridgehead atoms. The van der Waals surface area contributed by atoms with Crippen molar-refractivity contribution in [2.45, 2.75) is 49.5 Å². The Hall–Kier alpha value is -0.110. The van der Waals surface area contributed by atoms with Gasteiger partial charge in [-0.2, -0.15) is 11.8 Å². The van der Waals surface area contributed by atoms with Crippen LogP contribution in [0, 0.1) is 17.8 Å². The van der Waals surface area contributed by atoms with Gasteiger partial charge in [-0.1, -0.05) is 6.08 Å². The summed E-state index contributed by atoms with van der Waals surface area (Å²) in [7, 11) is 0. The Morgan fingerprint density at radius 1 is 1.12 bits per heavy atom. The molecule has 2 heterocycles. The van der Waals surface area contributed by atoms with E-state index in [-0.39, 0.29) is 0 Å². The van der Waals surface area contributed by atoms with Crippen LogP contribution in [-0.2, 0) is 4.74 Å². The third kappa shape index (κ3) is 1.90. The lowest BCUT2D eigenvalue weighted by atomic mass is 9.68. The van der Waals surface area contributed by atoms with E-state index in [1.165, 1.54) is 32.1 Å². The molecule has 3 fully saturated rings. The average molecular weight is 238 g/mol. The van der Waals surface area contributed by atoms with Crippen LogP contribution in [0.4, 0.5) is 0 Å². The molecule has 2 heteroatoms. The lowest BCUT2D eigenvalue weighted by Crippen LogP contribution is -2.34. The highest BCUT2D eigenvalue weighted by atomic mass is 32.2. The maximum absolute atomic E-state index is 5.56. The van der Waals surface area contributed by atoms with E-state index in [4.69, 9.17) is 4.74 Å². The summed E-state index contributed by atoms with van der Waals surface area (Å²) in [6.45, 7) is 2.97. The standard InChI is InChI=1S/C14H22OS/c1-2-7-15-9-10-3-4-11-12(8-10)14-6-5-13(11)16-14/h2,7,10-14H,3-6,8-9H2,1H3/b7-2+. The van der Waals surface area contributed by atoms with Crippen LogP contribution in [-0.4, -0.2) is 17.1 Å². The van der Waals surface area contributed by atoms with E-state index in [1.807, 2.05) is 19.3 Å². The van der Waals surface area contributed by atoms with Gasteiger partial charge < -0.3 is 4.74 Å². The van der Waals surface area contributed by atoms with Crippen molar-refractivity contribution in [1.29, 1.82) is 0 Å². The van der Waals surface area contributed by atoms with Gasteiger partial charge in [0.25, 0.3) is 0 Å². The van der Waals surface area contributed by atoms with Gasteiger partial charge in [-0.15, -0.1) is 0 Å². The van der Waals surface area contributed by atoms with Gasteiger partial charge in [0, 0.05) is 10.5 Å². The molecule has 0 radical (unpaired) electrons. The Labute approximate surface area is 103 Å². The third-order valence-electron chi connectivity index (χ3n) is 4.67. The number of rotatable bonds is 3. The van der Waals surface area contributed by atoms with E-state index in [1.54, 1.807) is 0 Å². The molecule has 2 aliphatic heterocycles. The summed E-state index contributed by atoms with van der Waals surface area (Å²) in [6.07, 6.45) is 11.2. The van der Waals surface area contributed by atoms with Gasteiger partial charge >= 0.3 is 0 Å². The van der Waals surface area contributed by atoms with E-state index in [2.05, 4.69) is 11.8 Å². The lowest BCUT2D eigenvalue weighted by molar-refractivity contribution is 0.102. The molecule has 0 spiro atoms. The highest BCUT2D eigenvalue weighted by molar-refractivity contribution is 8.01. The summed E-state index contributed by atoms with van der Waals surface area (Å²) in [5.74, 6) is 2.94. The van der Waals surface area contributed by atoms with E-state index in [9.17, 15) is 0 Å². The summed E-state index contributed by atoms with van der Waals surface area (Å²) in [6, 6.07) is 0. The summed E-state index contributed by atoms with van der Waals surface area (Å²) in [5, 5.41) is 2.05. The van der Waals surface area contributed by atoms with E-state index < -0.39 is 0 Å². The number of ether oxygens (including phenoxy) is 1. The largest absolute Gasteiger partial charge is 0.501 e. The molecule has 90 valence electrons. The zero-order valence-electron chi connectivity index (χ0n) is 10.1. The molecule has 0 aromatic heterocycles. The van der Waals surface area contributed by atoms with Crippen molar-refractivity contribution in [1.82, 2.24) is 0 Å². The van der Waals surface area contributed by atoms with Crippen LogP contribution in [0.2, 0.25) is 0 Å². The van der Waals surface area contributed by atoms with Gasteiger partial charge in [0.15, 0.2) is 0 Å². The number of allylic oxidation sites excluding steroid dienone is 1. The van der Waals surface area contributed by atoms with Gasteiger partial charge in [0.05, 0.1) is 12.9 Å². The maximum Gasteiger partial charge on any atom is 0.0901 e. The number of hydrogen-bond donors (Lipinski definition) is 0. The molecule has 3 rings (SSSR count). The maximum atomic E-state index is 5.56. The first-order valence-electron chi connectivity index (χ1n) is 6.76. The fourth-order valence-electron chi connectivity index (χ4n) is 3.97. The molecule has 0 aromatic rings. The SMILES string of the molecule is C/C=C/OCC1CCC2C3CCC(S3)C2C1. The predicted octanol–water partition coefficient (Wildman–Crippen LogP) is 3.85. The van der Waals surface area contributed by atoms with Crippen molar-refractivity contribution in [2.24, 2.45) is 17.8 Å². The summed E-state index contributed by atoms with van der Waals surface area (Å²) in [5.41, 5.74) is 0. The molecule has 5 unspecified atom stereocenters. The average Bonchev–Trinajstić information content (AvgIpc) is 2.90. The van der Waals surface area contributed by atoms with Crippen molar-refractivity contribution in [3.8, 4) is 0 Å². The number of fused-ring (bicyclic) bond motifs is 5. The highest BCUT2D eigenvalue weighted by Crippen LogP contribution is 2.58. The minimum Gasteiger partial charge on any atom is -0.501 e. The molecule has 1 aliphatic carbocycles. The number of hydrogen-bond acceptors (Lipinski definition) is 2. The number of thioether (sulfide) groups is 1. The van der Waals surface area contributed by atoms with Gasteiger partial charge in [-0.3, -0.25) is 0 Å². The Morgan fingerprint density at radius 3 is 2.75 bits per heavy atom. The first-order valence-corrected chi connectivity index (χ1v) is 7.71. The normalized spacial score (nSPS) is 46.2. The molecule has 0 aromatic carbocycles. The summed E-state index contributed by atoms with van der Waals surface area (Å²) in [4.78, 5) is 0. The van der Waals surface area contributed by atoms with Crippen LogP contribution < -0.4 is 0 Å². The predicted molar refractivity (Wildman–Crippen MR) is 69.5 cm³/mol. The monoisotopic (exact) mass is 238 g/mol. The second kappa shape index (κ2) is 4.64. The molecule has 1 saturated carbocycles. The molecule has 3 aliphatic rings. The second-order valence-electron chi connectivity index (χ2n) is 5.60. The molecule has 2 saturated heterocycles. The van der Waals surface area contributed by atoms with Crippen LogP contribution in [0.3, 0.4) is 0 Å². The van der Waals surface area contributed by atoms with Crippen LogP contribution >= 0.6 is 11.8 Å². The first kappa shape index (κ1) is 11.0. The first-order chi connectivity index (χ1) is 7.88. The molecule has 0 amide bonds. The van der Waals surface area contributed by atoms with Crippen LogP contribution in [0.25, 0.3) is 0 Å². The second-order valence-corrected chi connectivity index (χ2v) is 7.08. The summed E-state index contributed by atoms with van der Waals surface area (Å²) >= 11 is 2.31. The highest BCUT2D eigenvalue weighted by Gasteiger charge is 2.50. The van der Waals surface area contributed by atoms with Gasteiger partial charge in [-0.25, -0.2) is 0 Å². The lowest BCUT2D eigenvalue weighted by Gasteiger charge is -2.37. The smallest absolute Gasteiger partial charge is 0.0901 e. The molecular weight excluding hydrogens is 216 g/mol. The Balaban J connectivity index is 1.55. The Kier molecular flexibility index (Phi) is 3.19. The quantitative estimate of drug-likeness (QED) is 0.691. The fraction of sp³-hybridized carbons (Fsp3) is 0.857. The third-order valence-corrected chi connectivity index (χ3v) is 6.54. The molecule has 0 N–H and O–H groups in total. The zero-order valence-corrected chi connectivity index (χ0v) is 10.9. The molecule has 16 heavy (non-hydrogen) atoms.